The van der Waals surface area contributed by atoms with E-state index in [4.69, 9.17) is 5.73 Å². The monoisotopic (exact) mass is 283 g/mol. The molecule has 0 saturated heterocycles. The average Bonchev–Trinajstić information content (AvgIpc) is 2.79. The number of hydrogen-bond acceptors (Lipinski definition) is 5. The summed E-state index contributed by atoms with van der Waals surface area (Å²) < 4.78 is 18.3. The summed E-state index contributed by atoms with van der Waals surface area (Å²) in [5, 5.41) is 0. The van der Waals surface area contributed by atoms with Gasteiger partial charge < -0.3 is 5.73 Å². The summed E-state index contributed by atoms with van der Waals surface area (Å²) in [6, 6.07) is 4.46. The van der Waals surface area contributed by atoms with Crippen LogP contribution in [0.15, 0.2) is 27.4 Å². The Balaban J connectivity index is 2.28. The third-order valence-corrected chi connectivity index (χ3v) is 4.31. The number of aromatic nitrogens is 2. The van der Waals surface area contributed by atoms with Crippen LogP contribution in [0.25, 0.3) is 0 Å². The molecule has 1 aromatic carbocycles. The van der Waals surface area contributed by atoms with Crippen LogP contribution >= 0.6 is 23.3 Å². The summed E-state index contributed by atoms with van der Waals surface area (Å²) in [5.41, 5.74) is 6.66. The molecule has 1 atom stereocenters. The van der Waals surface area contributed by atoms with E-state index in [1.165, 1.54) is 35.4 Å². The van der Waals surface area contributed by atoms with Crippen LogP contribution in [0.1, 0.15) is 31.3 Å². The smallest absolute Gasteiger partial charge is 0.174 e. The first kappa shape index (κ1) is 13.5. The van der Waals surface area contributed by atoms with Crippen molar-refractivity contribution >= 4 is 23.3 Å². The fourth-order valence-corrected chi connectivity index (χ4v) is 3.35. The van der Waals surface area contributed by atoms with Crippen molar-refractivity contribution in [1.82, 2.24) is 9.36 Å². The minimum atomic E-state index is -0.266. The van der Waals surface area contributed by atoms with Crippen molar-refractivity contribution < 1.29 is 4.39 Å². The molecule has 0 radical (unpaired) electrons. The van der Waals surface area contributed by atoms with E-state index in [2.05, 4.69) is 9.36 Å². The lowest BCUT2D eigenvalue weighted by molar-refractivity contribution is 0.619. The Morgan fingerprint density at radius 2 is 2.28 bits per heavy atom. The molecule has 1 heterocycles. The van der Waals surface area contributed by atoms with Crippen molar-refractivity contribution in [1.29, 1.82) is 0 Å². The Morgan fingerprint density at radius 1 is 1.50 bits per heavy atom. The van der Waals surface area contributed by atoms with Crippen molar-refractivity contribution in [3.8, 4) is 0 Å². The molecule has 0 amide bonds. The number of rotatable bonds is 4. The molecule has 0 fully saturated rings. The maximum atomic E-state index is 13.2. The van der Waals surface area contributed by atoms with Crippen molar-refractivity contribution in [3.05, 3.63) is 35.4 Å². The molecule has 6 heteroatoms. The first-order valence-electron chi connectivity index (χ1n) is 5.65. The highest BCUT2D eigenvalue weighted by molar-refractivity contribution is 8.01. The number of halogens is 1. The van der Waals surface area contributed by atoms with Crippen LogP contribution in [0, 0.1) is 5.82 Å². The molecule has 0 aliphatic rings. The Labute approximate surface area is 114 Å². The molecule has 0 aliphatic heterocycles. The Kier molecular flexibility index (Phi) is 4.31. The Morgan fingerprint density at radius 3 is 2.89 bits per heavy atom. The topological polar surface area (TPSA) is 51.8 Å². The van der Waals surface area contributed by atoms with Gasteiger partial charge in [-0.05, 0) is 42.2 Å². The maximum Gasteiger partial charge on any atom is 0.174 e. The lowest BCUT2D eigenvalue weighted by atomic mass is 10.1. The molecule has 0 aliphatic carbocycles. The van der Waals surface area contributed by atoms with Gasteiger partial charge in [0.2, 0.25) is 0 Å². The molecule has 2 rings (SSSR count). The van der Waals surface area contributed by atoms with Crippen molar-refractivity contribution in [2.24, 2.45) is 5.73 Å². The van der Waals surface area contributed by atoms with Gasteiger partial charge in [-0.2, -0.15) is 4.37 Å². The third-order valence-electron chi connectivity index (χ3n) is 2.43. The average molecular weight is 283 g/mol. The predicted octanol–water partition coefficient (Wildman–Crippen LogP) is 3.41. The number of nitrogens with zero attached hydrogens (tertiary/aromatic N) is 2. The second-order valence-electron chi connectivity index (χ2n) is 3.90. The molecule has 18 heavy (non-hydrogen) atoms. The fourth-order valence-electron chi connectivity index (χ4n) is 1.49. The van der Waals surface area contributed by atoms with E-state index in [9.17, 15) is 4.39 Å². The summed E-state index contributed by atoms with van der Waals surface area (Å²) in [6.07, 6.45) is 0.820. The highest BCUT2D eigenvalue weighted by atomic mass is 32.2. The van der Waals surface area contributed by atoms with E-state index in [1.807, 2.05) is 13.8 Å². The number of aryl methyl sites for hydroxylation is 1. The van der Waals surface area contributed by atoms with Gasteiger partial charge in [0.1, 0.15) is 11.6 Å². The molecular weight excluding hydrogens is 269 g/mol. The zero-order chi connectivity index (χ0) is 13.1. The van der Waals surface area contributed by atoms with Crippen LogP contribution < -0.4 is 5.73 Å². The highest BCUT2D eigenvalue weighted by Gasteiger charge is 2.12. The van der Waals surface area contributed by atoms with Gasteiger partial charge in [-0.1, -0.05) is 18.7 Å². The van der Waals surface area contributed by atoms with Gasteiger partial charge in [-0.15, -0.1) is 0 Å². The Hall–Kier alpha value is -0.980. The molecule has 2 aromatic rings. The van der Waals surface area contributed by atoms with Gasteiger partial charge in [-0.3, -0.25) is 0 Å². The highest BCUT2D eigenvalue weighted by Crippen LogP contribution is 2.34. The summed E-state index contributed by atoms with van der Waals surface area (Å²) in [5.74, 6) is 0.574. The third kappa shape index (κ3) is 3.07. The maximum absolute atomic E-state index is 13.2. The van der Waals surface area contributed by atoms with E-state index in [1.54, 1.807) is 6.07 Å². The standard InChI is InChI=1S/C12H14FN3S2/c1-3-11-15-12(18-16-11)17-10-5-4-8(13)6-9(10)7(2)14/h4-7H,3,14H2,1-2H3/t7-/m1/s1. The van der Waals surface area contributed by atoms with E-state index >= 15 is 0 Å². The zero-order valence-electron chi connectivity index (χ0n) is 10.2. The first-order chi connectivity index (χ1) is 8.60. The normalized spacial score (nSPS) is 12.7. The van der Waals surface area contributed by atoms with Gasteiger partial charge in [0.15, 0.2) is 4.34 Å². The zero-order valence-corrected chi connectivity index (χ0v) is 11.8. The predicted molar refractivity (Wildman–Crippen MR) is 72.4 cm³/mol. The van der Waals surface area contributed by atoms with Crippen LogP contribution in [0.5, 0.6) is 0 Å². The molecule has 0 bridgehead atoms. The van der Waals surface area contributed by atoms with Crippen molar-refractivity contribution in [2.75, 3.05) is 0 Å². The lowest BCUT2D eigenvalue weighted by Gasteiger charge is -2.10. The van der Waals surface area contributed by atoms with Gasteiger partial charge in [-0.25, -0.2) is 9.37 Å². The lowest BCUT2D eigenvalue weighted by Crippen LogP contribution is -2.06. The summed E-state index contributed by atoms with van der Waals surface area (Å²) in [4.78, 5) is 5.32. The van der Waals surface area contributed by atoms with Gasteiger partial charge in [0.05, 0.1) is 0 Å². The second kappa shape index (κ2) is 5.77. The van der Waals surface area contributed by atoms with Crippen LogP contribution in [0.4, 0.5) is 4.39 Å². The molecule has 0 spiro atoms. The first-order valence-corrected chi connectivity index (χ1v) is 7.24. The van der Waals surface area contributed by atoms with E-state index in [-0.39, 0.29) is 11.9 Å². The summed E-state index contributed by atoms with van der Waals surface area (Å²) in [7, 11) is 0. The van der Waals surface area contributed by atoms with Crippen molar-refractivity contribution in [3.63, 3.8) is 0 Å². The quantitative estimate of drug-likeness (QED) is 0.934. The van der Waals surface area contributed by atoms with E-state index in [0.29, 0.717) is 0 Å². The second-order valence-corrected chi connectivity index (χ2v) is 5.94. The molecule has 1 aromatic heterocycles. The van der Waals surface area contributed by atoms with Crippen LogP contribution in [-0.2, 0) is 6.42 Å². The van der Waals surface area contributed by atoms with Crippen LogP contribution in [0.3, 0.4) is 0 Å². The largest absolute Gasteiger partial charge is 0.324 e. The van der Waals surface area contributed by atoms with Gasteiger partial charge in [0, 0.05) is 17.4 Å². The van der Waals surface area contributed by atoms with Crippen LogP contribution in [-0.4, -0.2) is 9.36 Å². The van der Waals surface area contributed by atoms with E-state index in [0.717, 1.165) is 27.0 Å². The number of hydrogen-bond donors (Lipinski definition) is 1. The molecule has 3 nitrogen and oxygen atoms in total. The van der Waals surface area contributed by atoms with Crippen LogP contribution in [0.2, 0.25) is 0 Å². The molecular formula is C12H14FN3S2. The number of nitrogens with two attached hydrogens (primary N) is 1. The molecule has 0 saturated carbocycles. The SMILES string of the molecule is CCc1nsc(Sc2ccc(F)cc2[C@@H](C)N)n1. The summed E-state index contributed by atoms with van der Waals surface area (Å²) >= 11 is 2.85. The fraction of sp³-hybridized carbons (Fsp3) is 0.333. The minimum absolute atomic E-state index is 0.207. The molecule has 96 valence electrons. The van der Waals surface area contributed by atoms with Crippen molar-refractivity contribution in [2.45, 2.75) is 35.5 Å². The van der Waals surface area contributed by atoms with E-state index < -0.39 is 0 Å². The van der Waals surface area contributed by atoms with Gasteiger partial charge in [0.25, 0.3) is 0 Å². The number of benzene rings is 1. The molecule has 0 unspecified atom stereocenters. The Bertz CT molecular complexity index is 540. The minimum Gasteiger partial charge on any atom is -0.324 e. The van der Waals surface area contributed by atoms with Gasteiger partial charge >= 0.3 is 0 Å². The molecule has 2 N–H and O–H groups in total. The summed E-state index contributed by atoms with van der Waals surface area (Å²) in [6.45, 7) is 3.86.